The number of rotatable bonds is 2. The number of nitrogens with zero attached hydrogens (tertiary/aromatic N) is 3. The summed E-state index contributed by atoms with van der Waals surface area (Å²) in [5.74, 6) is 0. The van der Waals surface area contributed by atoms with Crippen LogP contribution in [0.3, 0.4) is 0 Å². The Kier molecular flexibility index (Phi) is 4.17. The maximum absolute atomic E-state index is 6.24. The molecule has 3 rings (SSSR count). The van der Waals surface area contributed by atoms with Crippen LogP contribution < -0.4 is 4.90 Å². The Morgan fingerprint density at radius 3 is 2.60 bits per heavy atom. The van der Waals surface area contributed by atoms with Crippen LogP contribution in [-0.2, 0) is 0 Å². The number of likely N-dealkylation sites (N-methyl/N-ethyl adjacent to an activating group) is 1. The number of halogens is 2. The van der Waals surface area contributed by atoms with Gasteiger partial charge >= 0.3 is 0 Å². The molecule has 20 heavy (non-hydrogen) atoms. The first-order valence-corrected chi connectivity index (χ1v) is 8.11. The number of thiazole rings is 1. The Labute approximate surface area is 132 Å². The zero-order valence-corrected chi connectivity index (χ0v) is 13.5. The molecule has 3 nitrogen and oxygen atoms in total. The monoisotopic (exact) mass is 327 g/mol. The summed E-state index contributed by atoms with van der Waals surface area (Å²) in [4.78, 5) is 9.38. The molecule has 0 radical (unpaired) electrons. The maximum Gasteiger partial charge on any atom is 0.185 e. The summed E-state index contributed by atoms with van der Waals surface area (Å²) in [5, 5.41) is 4.42. The third-order valence-electron chi connectivity index (χ3n) is 3.47. The van der Waals surface area contributed by atoms with E-state index in [1.807, 2.05) is 12.1 Å². The molecule has 0 unspecified atom stereocenters. The zero-order chi connectivity index (χ0) is 14.1. The van der Waals surface area contributed by atoms with E-state index in [0.717, 1.165) is 42.6 Å². The van der Waals surface area contributed by atoms with Crippen LogP contribution in [0.2, 0.25) is 10.0 Å². The molecule has 2 aromatic rings. The van der Waals surface area contributed by atoms with Gasteiger partial charge in [0.2, 0.25) is 0 Å². The Morgan fingerprint density at radius 1 is 1.15 bits per heavy atom. The van der Waals surface area contributed by atoms with Crippen molar-refractivity contribution in [1.82, 2.24) is 9.88 Å². The van der Waals surface area contributed by atoms with Crippen LogP contribution in [-0.4, -0.2) is 43.1 Å². The molecule has 1 aromatic carbocycles. The zero-order valence-electron chi connectivity index (χ0n) is 11.1. The number of benzene rings is 1. The quantitative estimate of drug-likeness (QED) is 0.834. The lowest BCUT2D eigenvalue weighted by Gasteiger charge is -2.32. The molecule has 1 aliphatic rings. The lowest BCUT2D eigenvalue weighted by Crippen LogP contribution is -2.44. The summed E-state index contributed by atoms with van der Waals surface area (Å²) in [6, 6.07) is 5.53. The number of hydrogen-bond acceptors (Lipinski definition) is 4. The minimum absolute atomic E-state index is 0.646. The fourth-order valence-electron chi connectivity index (χ4n) is 2.23. The molecule has 2 heterocycles. The average Bonchev–Trinajstić information content (AvgIpc) is 2.89. The van der Waals surface area contributed by atoms with E-state index in [9.17, 15) is 0 Å². The molecular weight excluding hydrogens is 313 g/mol. The fourth-order valence-corrected chi connectivity index (χ4v) is 3.61. The first-order chi connectivity index (χ1) is 9.63. The minimum atomic E-state index is 0.646. The van der Waals surface area contributed by atoms with Gasteiger partial charge in [-0.1, -0.05) is 23.2 Å². The van der Waals surface area contributed by atoms with Gasteiger partial charge in [0.15, 0.2) is 5.13 Å². The second-order valence-corrected chi connectivity index (χ2v) is 6.61. The van der Waals surface area contributed by atoms with Crippen molar-refractivity contribution >= 4 is 39.7 Å². The molecule has 0 spiro atoms. The maximum atomic E-state index is 6.24. The number of hydrogen-bond donors (Lipinski definition) is 0. The van der Waals surface area contributed by atoms with Crippen molar-refractivity contribution in [3.05, 3.63) is 33.6 Å². The average molecular weight is 328 g/mol. The van der Waals surface area contributed by atoms with E-state index in [-0.39, 0.29) is 0 Å². The molecule has 0 N–H and O–H groups in total. The van der Waals surface area contributed by atoms with Gasteiger partial charge in [-0.3, -0.25) is 0 Å². The topological polar surface area (TPSA) is 19.4 Å². The molecule has 106 valence electrons. The van der Waals surface area contributed by atoms with E-state index >= 15 is 0 Å². The highest BCUT2D eigenvalue weighted by Gasteiger charge is 2.18. The van der Waals surface area contributed by atoms with Crippen LogP contribution in [0.1, 0.15) is 0 Å². The van der Waals surface area contributed by atoms with Crippen LogP contribution in [0.15, 0.2) is 23.6 Å². The molecule has 0 aliphatic carbocycles. The molecule has 0 saturated carbocycles. The predicted molar refractivity (Wildman–Crippen MR) is 87.3 cm³/mol. The highest BCUT2D eigenvalue weighted by molar-refractivity contribution is 7.14. The second-order valence-electron chi connectivity index (χ2n) is 4.93. The van der Waals surface area contributed by atoms with E-state index in [0.29, 0.717) is 10.0 Å². The van der Waals surface area contributed by atoms with Crippen molar-refractivity contribution < 1.29 is 0 Å². The molecule has 6 heteroatoms. The third-order valence-corrected chi connectivity index (χ3v) is 4.92. The summed E-state index contributed by atoms with van der Waals surface area (Å²) in [7, 11) is 2.15. The highest BCUT2D eigenvalue weighted by Crippen LogP contribution is 2.33. The normalized spacial score (nSPS) is 16.6. The fraction of sp³-hybridized carbons (Fsp3) is 0.357. The van der Waals surface area contributed by atoms with Crippen LogP contribution >= 0.6 is 34.5 Å². The van der Waals surface area contributed by atoms with Crippen LogP contribution in [0.25, 0.3) is 11.3 Å². The Morgan fingerprint density at radius 2 is 1.90 bits per heavy atom. The van der Waals surface area contributed by atoms with Crippen molar-refractivity contribution in [3.63, 3.8) is 0 Å². The molecule has 0 amide bonds. The lowest BCUT2D eigenvalue weighted by atomic mass is 10.2. The minimum Gasteiger partial charge on any atom is -0.346 e. The molecule has 1 aromatic heterocycles. The summed E-state index contributed by atoms with van der Waals surface area (Å²) >= 11 is 13.8. The first kappa shape index (κ1) is 14.1. The van der Waals surface area contributed by atoms with Crippen molar-refractivity contribution in [3.8, 4) is 11.3 Å². The van der Waals surface area contributed by atoms with Crippen LogP contribution in [0, 0.1) is 0 Å². The third kappa shape index (κ3) is 2.93. The molecular formula is C14H15Cl2N3S. The van der Waals surface area contributed by atoms with E-state index in [2.05, 4.69) is 22.2 Å². The molecule has 0 bridgehead atoms. The van der Waals surface area contributed by atoms with E-state index in [4.69, 9.17) is 28.2 Å². The van der Waals surface area contributed by atoms with E-state index in [1.54, 1.807) is 17.4 Å². The van der Waals surface area contributed by atoms with Gasteiger partial charge in [0.25, 0.3) is 0 Å². The summed E-state index contributed by atoms with van der Waals surface area (Å²) < 4.78 is 0. The number of aromatic nitrogens is 1. The number of piperazine rings is 1. The van der Waals surface area contributed by atoms with Crippen LogP contribution in [0.5, 0.6) is 0 Å². The van der Waals surface area contributed by atoms with Gasteiger partial charge in [-0.05, 0) is 25.2 Å². The van der Waals surface area contributed by atoms with Crippen molar-refractivity contribution in [2.24, 2.45) is 0 Å². The molecule has 1 aliphatic heterocycles. The standard InChI is InChI=1S/C14H15Cl2N3S/c1-18-4-6-19(7-5-18)14-17-13(9-20-14)11-3-2-10(15)8-12(11)16/h2-3,8-9H,4-7H2,1H3. The predicted octanol–water partition coefficient (Wildman–Crippen LogP) is 3.87. The Balaban J connectivity index is 1.83. The summed E-state index contributed by atoms with van der Waals surface area (Å²) in [6.45, 7) is 4.21. The van der Waals surface area contributed by atoms with Crippen molar-refractivity contribution in [2.45, 2.75) is 0 Å². The van der Waals surface area contributed by atoms with Gasteiger partial charge in [0.05, 0.1) is 10.7 Å². The van der Waals surface area contributed by atoms with Gasteiger partial charge in [-0.2, -0.15) is 0 Å². The molecule has 0 atom stereocenters. The summed E-state index contributed by atoms with van der Waals surface area (Å²) in [6.07, 6.45) is 0. The van der Waals surface area contributed by atoms with E-state index in [1.165, 1.54) is 0 Å². The van der Waals surface area contributed by atoms with Crippen LogP contribution in [0.4, 0.5) is 5.13 Å². The second kappa shape index (κ2) is 5.90. The van der Waals surface area contributed by atoms with Crippen molar-refractivity contribution in [1.29, 1.82) is 0 Å². The van der Waals surface area contributed by atoms with Gasteiger partial charge in [0, 0.05) is 42.1 Å². The van der Waals surface area contributed by atoms with Gasteiger partial charge in [-0.15, -0.1) is 11.3 Å². The Bertz CT molecular complexity index is 606. The number of anilines is 1. The van der Waals surface area contributed by atoms with Gasteiger partial charge in [0.1, 0.15) is 0 Å². The van der Waals surface area contributed by atoms with E-state index < -0.39 is 0 Å². The molecule has 1 fully saturated rings. The summed E-state index contributed by atoms with van der Waals surface area (Å²) in [5.41, 5.74) is 1.86. The van der Waals surface area contributed by atoms with Crippen molar-refractivity contribution in [2.75, 3.05) is 38.1 Å². The van der Waals surface area contributed by atoms with Gasteiger partial charge < -0.3 is 9.80 Å². The first-order valence-electron chi connectivity index (χ1n) is 6.48. The smallest absolute Gasteiger partial charge is 0.185 e. The lowest BCUT2D eigenvalue weighted by molar-refractivity contribution is 0.313. The SMILES string of the molecule is CN1CCN(c2nc(-c3ccc(Cl)cc3Cl)cs2)CC1. The largest absolute Gasteiger partial charge is 0.346 e. The molecule has 1 saturated heterocycles. The Hall–Kier alpha value is -0.810. The highest BCUT2D eigenvalue weighted by atomic mass is 35.5. The van der Waals surface area contributed by atoms with Gasteiger partial charge in [-0.25, -0.2) is 4.98 Å².